The van der Waals surface area contributed by atoms with E-state index in [1.165, 1.54) is 10.7 Å². The largest absolute Gasteiger partial charge is 0.387 e. The summed E-state index contributed by atoms with van der Waals surface area (Å²) in [6.45, 7) is 0.321. The van der Waals surface area contributed by atoms with Gasteiger partial charge in [0, 0.05) is 12.6 Å². The minimum Gasteiger partial charge on any atom is -0.387 e. The van der Waals surface area contributed by atoms with Gasteiger partial charge in [0.05, 0.1) is 6.10 Å². The number of nitrogens with one attached hydrogen (secondary N) is 2. The van der Waals surface area contributed by atoms with Crippen molar-refractivity contribution < 1.29 is 5.11 Å². The third-order valence-corrected chi connectivity index (χ3v) is 2.97. The molecule has 1 atom stereocenters. The Morgan fingerprint density at radius 1 is 1.35 bits per heavy atom. The topological polar surface area (TPSA) is 95.3 Å². The van der Waals surface area contributed by atoms with Gasteiger partial charge in [-0.1, -0.05) is 30.3 Å². The van der Waals surface area contributed by atoms with Gasteiger partial charge in [0.25, 0.3) is 0 Å². The van der Waals surface area contributed by atoms with Crippen LogP contribution in [0, 0.1) is 0 Å². The van der Waals surface area contributed by atoms with Crippen molar-refractivity contribution in [2.45, 2.75) is 6.10 Å². The average molecular weight is 271 g/mol. The van der Waals surface area contributed by atoms with Crippen LogP contribution in [-0.2, 0) is 0 Å². The van der Waals surface area contributed by atoms with Crippen molar-refractivity contribution >= 4 is 11.5 Å². The smallest absolute Gasteiger partial charge is 0.348 e. The summed E-state index contributed by atoms with van der Waals surface area (Å²) in [7, 11) is 0. The molecule has 0 bridgehead atoms. The van der Waals surface area contributed by atoms with Gasteiger partial charge in [-0.2, -0.15) is 5.10 Å². The van der Waals surface area contributed by atoms with E-state index in [9.17, 15) is 9.90 Å². The molecule has 102 valence electrons. The highest BCUT2D eigenvalue weighted by atomic mass is 16.3. The van der Waals surface area contributed by atoms with Crippen molar-refractivity contribution in [1.82, 2.24) is 19.6 Å². The minimum atomic E-state index is -0.629. The summed E-state index contributed by atoms with van der Waals surface area (Å²) < 4.78 is 1.30. The lowest BCUT2D eigenvalue weighted by atomic mass is 10.1. The first-order valence-corrected chi connectivity index (χ1v) is 6.14. The molecule has 1 aromatic carbocycles. The second-order valence-electron chi connectivity index (χ2n) is 4.34. The molecule has 0 radical (unpaired) electrons. The highest BCUT2D eigenvalue weighted by Crippen LogP contribution is 2.13. The van der Waals surface area contributed by atoms with Crippen LogP contribution < -0.4 is 11.0 Å². The molecule has 7 heteroatoms. The van der Waals surface area contributed by atoms with Crippen LogP contribution in [0.4, 0.5) is 5.82 Å². The van der Waals surface area contributed by atoms with Crippen LogP contribution in [0.3, 0.4) is 0 Å². The number of anilines is 1. The Labute approximate surface area is 113 Å². The molecule has 0 spiro atoms. The summed E-state index contributed by atoms with van der Waals surface area (Å²) in [5, 5.41) is 19.2. The zero-order chi connectivity index (χ0) is 13.9. The van der Waals surface area contributed by atoms with Gasteiger partial charge in [0.2, 0.25) is 0 Å². The molecule has 7 nitrogen and oxygen atoms in total. The lowest BCUT2D eigenvalue weighted by Gasteiger charge is -2.12. The molecule has 0 amide bonds. The van der Waals surface area contributed by atoms with Crippen molar-refractivity contribution in [3.63, 3.8) is 0 Å². The molecular formula is C13H13N5O2. The number of hydrogen-bond acceptors (Lipinski definition) is 5. The number of benzene rings is 1. The molecule has 2 heterocycles. The molecule has 0 saturated heterocycles. The van der Waals surface area contributed by atoms with Gasteiger partial charge in [-0.3, -0.25) is 0 Å². The summed E-state index contributed by atoms with van der Waals surface area (Å²) in [5.74, 6) is 0.548. The zero-order valence-electron chi connectivity index (χ0n) is 10.5. The lowest BCUT2D eigenvalue weighted by molar-refractivity contribution is 0.191. The maximum absolute atomic E-state index is 11.3. The van der Waals surface area contributed by atoms with Gasteiger partial charge in [0.1, 0.15) is 12.1 Å². The zero-order valence-corrected chi connectivity index (χ0v) is 10.5. The summed E-state index contributed by atoms with van der Waals surface area (Å²) in [4.78, 5) is 15.4. The highest BCUT2D eigenvalue weighted by molar-refractivity contribution is 5.48. The molecule has 3 aromatic rings. The molecule has 20 heavy (non-hydrogen) atoms. The van der Waals surface area contributed by atoms with E-state index in [4.69, 9.17) is 0 Å². The van der Waals surface area contributed by atoms with E-state index in [2.05, 4.69) is 20.5 Å². The number of H-pyrrole nitrogens is 1. The van der Waals surface area contributed by atoms with E-state index in [-0.39, 0.29) is 5.69 Å². The van der Waals surface area contributed by atoms with E-state index in [1.807, 2.05) is 30.3 Å². The Bertz CT molecular complexity index is 765. The number of aromatic amines is 1. The fourth-order valence-corrected chi connectivity index (χ4v) is 1.90. The first-order chi connectivity index (χ1) is 9.74. The Kier molecular flexibility index (Phi) is 3.18. The van der Waals surface area contributed by atoms with Gasteiger partial charge in [-0.15, -0.1) is 0 Å². The van der Waals surface area contributed by atoms with E-state index < -0.39 is 6.10 Å². The fraction of sp³-hybridized carbons (Fsp3) is 0.154. The minimum absolute atomic E-state index is 0.321. The van der Waals surface area contributed by atoms with Crippen LogP contribution in [0.15, 0.2) is 47.5 Å². The van der Waals surface area contributed by atoms with Gasteiger partial charge in [0.15, 0.2) is 5.65 Å². The van der Waals surface area contributed by atoms with Gasteiger partial charge >= 0.3 is 5.69 Å². The second kappa shape index (κ2) is 5.14. The van der Waals surface area contributed by atoms with Crippen LogP contribution in [-0.4, -0.2) is 31.2 Å². The number of aliphatic hydroxyl groups is 1. The van der Waals surface area contributed by atoms with Crippen molar-refractivity contribution in [3.05, 3.63) is 58.8 Å². The number of rotatable bonds is 4. The van der Waals surface area contributed by atoms with Gasteiger partial charge < -0.3 is 10.4 Å². The number of hydrogen-bond donors (Lipinski definition) is 3. The Balaban J connectivity index is 1.72. The van der Waals surface area contributed by atoms with E-state index in [1.54, 1.807) is 6.07 Å². The monoisotopic (exact) mass is 271 g/mol. The Hall–Kier alpha value is -2.67. The van der Waals surface area contributed by atoms with Crippen molar-refractivity contribution in [1.29, 1.82) is 0 Å². The van der Waals surface area contributed by atoms with E-state index >= 15 is 0 Å². The second-order valence-corrected chi connectivity index (χ2v) is 4.34. The van der Waals surface area contributed by atoms with Crippen molar-refractivity contribution in [2.24, 2.45) is 0 Å². The number of nitrogens with zero attached hydrogens (tertiary/aromatic N) is 3. The lowest BCUT2D eigenvalue weighted by Crippen LogP contribution is -2.14. The van der Waals surface area contributed by atoms with Crippen LogP contribution >= 0.6 is 0 Å². The highest BCUT2D eigenvalue weighted by Gasteiger charge is 2.07. The molecular weight excluding hydrogens is 258 g/mol. The normalized spacial score (nSPS) is 12.4. The predicted octanol–water partition coefficient (Wildman–Crippen LogP) is 0.563. The van der Waals surface area contributed by atoms with Crippen LogP contribution in [0.25, 0.3) is 5.65 Å². The standard InChI is InChI=1S/C13H13N5O2/c19-10(9-4-2-1-3-5-9)7-14-11-6-12-16-17-13(20)18(12)8-15-11/h1-6,8,10,14,19H,7H2,(H,17,20). The fourth-order valence-electron chi connectivity index (χ4n) is 1.90. The molecule has 1 unspecified atom stereocenters. The summed E-state index contributed by atoms with van der Waals surface area (Å²) in [5.41, 5.74) is 0.974. The average Bonchev–Trinajstić information content (AvgIpc) is 2.87. The molecule has 0 aliphatic rings. The third kappa shape index (κ3) is 2.39. The molecule has 2 aromatic heterocycles. The maximum atomic E-state index is 11.3. The molecule has 3 N–H and O–H groups in total. The SMILES string of the molecule is O=c1[nH]nc2cc(NCC(O)c3ccccc3)ncn12. The molecule has 0 aliphatic heterocycles. The summed E-state index contributed by atoms with van der Waals surface area (Å²) in [6.07, 6.45) is 0.758. The van der Waals surface area contributed by atoms with E-state index in [0.717, 1.165) is 5.56 Å². The van der Waals surface area contributed by atoms with Crippen LogP contribution in [0.1, 0.15) is 11.7 Å². The quantitative estimate of drug-likeness (QED) is 0.644. The number of fused-ring (bicyclic) bond motifs is 1. The van der Waals surface area contributed by atoms with E-state index in [0.29, 0.717) is 18.0 Å². The number of aliphatic hydroxyl groups excluding tert-OH is 1. The Morgan fingerprint density at radius 3 is 2.95 bits per heavy atom. The first kappa shape index (κ1) is 12.4. The van der Waals surface area contributed by atoms with Gasteiger partial charge in [-0.05, 0) is 5.56 Å². The van der Waals surface area contributed by atoms with Crippen LogP contribution in [0.5, 0.6) is 0 Å². The molecule has 0 aliphatic carbocycles. The third-order valence-electron chi connectivity index (χ3n) is 2.97. The molecule has 0 fully saturated rings. The summed E-state index contributed by atoms with van der Waals surface area (Å²) in [6, 6.07) is 11.0. The molecule has 0 saturated carbocycles. The van der Waals surface area contributed by atoms with Crippen molar-refractivity contribution in [2.75, 3.05) is 11.9 Å². The first-order valence-electron chi connectivity index (χ1n) is 6.14. The predicted molar refractivity (Wildman–Crippen MR) is 73.5 cm³/mol. The molecule has 3 rings (SSSR count). The maximum Gasteiger partial charge on any atom is 0.348 e. The van der Waals surface area contributed by atoms with Crippen LogP contribution in [0.2, 0.25) is 0 Å². The van der Waals surface area contributed by atoms with Gasteiger partial charge in [-0.25, -0.2) is 19.3 Å². The number of aromatic nitrogens is 4. The Morgan fingerprint density at radius 2 is 2.15 bits per heavy atom. The summed E-state index contributed by atoms with van der Waals surface area (Å²) >= 11 is 0. The van der Waals surface area contributed by atoms with Crippen molar-refractivity contribution in [3.8, 4) is 0 Å².